The summed E-state index contributed by atoms with van der Waals surface area (Å²) in [5.74, 6) is 0.496. The van der Waals surface area contributed by atoms with E-state index in [1.807, 2.05) is 13.8 Å². The fourth-order valence-corrected chi connectivity index (χ4v) is 1.21. The Bertz CT molecular complexity index is 257. The molecule has 1 unspecified atom stereocenters. The molecular formula is C8H15N3O. The fourth-order valence-electron chi connectivity index (χ4n) is 1.21. The first kappa shape index (κ1) is 9.06. The molecular weight excluding hydrogens is 154 g/mol. The van der Waals surface area contributed by atoms with Gasteiger partial charge in [-0.1, -0.05) is 13.8 Å². The zero-order valence-corrected chi connectivity index (χ0v) is 7.46. The SMILES string of the molecule is CCc1[nH]c(N)nc1C(C)CO. The monoisotopic (exact) mass is 169 g/mol. The largest absolute Gasteiger partial charge is 0.396 e. The van der Waals surface area contributed by atoms with Gasteiger partial charge in [-0.2, -0.15) is 0 Å². The standard InChI is InChI=1S/C8H15N3O/c1-3-6-7(5(2)4-12)11-8(9)10-6/h5,12H,3-4H2,1-2H3,(H3,9,10,11). The van der Waals surface area contributed by atoms with E-state index in [-0.39, 0.29) is 12.5 Å². The summed E-state index contributed by atoms with van der Waals surface area (Å²) < 4.78 is 0. The summed E-state index contributed by atoms with van der Waals surface area (Å²) in [6.07, 6.45) is 0.865. The van der Waals surface area contributed by atoms with Crippen LogP contribution in [0.15, 0.2) is 0 Å². The van der Waals surface area contributed by atoms with Gasteiger partial charge in [0.05, 0.1) is 12.3 Å². The van der Waals surface area contributed by atoms with Crippen LogP contribution < -0.4 is 5.73 Å². The average molecular weight is 169 g/mol. The molecule has 68 valence electrons. The molecule has 0 bridgehead atoms. The number of nitrogen functional groups attached to an aromatic ring is 1. The van der Waals surface area contributed by atoms with Crippen LogP contribution in [-0.4, -0.2) is 21.7 Å². The number of nitrogens with zero attached hydrogens (tertiary/aromatic N) is 1. The van der Waals surface area contributed by atoms with Crippen LogP contribution >= 0.6 is 0 Å². The van der Waals surface area contributed by atoms with Crippen LogP contribution in [0.1, 0.15) is 31.2 Å². The van der Waals surface area contributed by atoms with Gasteiger partial charge in [-0.25, -0.2) is 4.98 Å². The molecule has 4 nitrogen and oxygen atoms in total. The van der Waals surface area contributed by atoms with Crippen molar-refractivity contribution in [1.29, 1.82) is 0 Å². The number of hydrogen-bond acceptors (Lipinski definition) is 3. The Kier molecular flexibility index (Phi) is 2.70. The first-order chi connectivity index (χ1) is 5.69. The van der Waals surface area contributed by atoms with E-state index in [4.69, 9.17) is 10.8 Å². The van der Waals surface area contributed by atoms with Crippen molar-refractivity contribution >= 4 is 5.95 Å². The van der Waals surface area contributed by atoms with Gasteiger partial charge < -0.3 is 15.8 Å². The van der Waals surface area contributed by atoms with Crippen molar-refractivity contribution in [1.82, 2.24) is 9.97 Å². The molecule has 4 N–H and O–H groups in total. The van der Waals surface area contributed by atoms with Gasteiger partial charge in [0.15, 0.2) is 5.95 Å². The Morgan fingerprint density at radius 2 is 2.33 bits per heavy atom. The van der Waals surface area contributed by atoms with Crippen molar-refractivity contribution in [3.63, 3.8) is 0 Å². The maximum atomic E-state index is 8.92. The maximum Gasteiger partial charge on any atom is 0.197 e. The zero-order chi connectivity index (χ0) is 9.14. The molecule has 0 saturated carbocycles. The molecule has 0 radical (unpaired) electrons. The lowest BCUT2D eigenvalue weighted by molar-refractivity contribution is 0.271. The van der Waals surface area contributed by atoms with E-state index in [2.05, 4.69) is 9.97 Å². The zero-order valence-electron chi connectivity index (χ0n) is 7.46. The van der Waals surface area contributed by atoms with Crippen LogP contribution in [0, 0.1) is 0 Å². The average Bonchev–Trinajstić information content (AvgIpc) is 2.45. The number of aromatic amines is 1. The first-order valence-electron chi connectivity index (χ1n) is 4.14. The summed E-state index contributed by atoms with van der Waals surface area (Å²) in [6, 6.07) is 0. The number of anilines is 1. The Morgan fingerprint density at radius 1 is 1.67 bits per heavy atom. The lowest BCUT2D eigenvalue weighted by Gasteiger charge is -2.05. The second-order valence-electron chi connectivity index (χ2n) is 2.92. The fraction of sp³-hybridized carbons (Fsp3) is 0.625. The molecule has 4 heteroatoms. The van der Waals surface area contributed by atoms with E-state index < -0.39 is 0 Å². The summed E-state index contributed by atoms with van der Waals surface area (Å²) >= 11 is 0. The van der Waals surface area contributed by atoms with Gasteiger partial charge in [0.2, 0.25) is 0 Å². The van der Waals surface area contributed by atoms with E-state index in [0.29, 0.717) is 5.95 Å². The van der Waals surface area contributed by atoms with Crippen LogP contribution in [0.2, 0.25) is 0 Å². The highest BCUT2D eigenvalue weighted by Gasteiger charge is 2.12. The molecule has 1 aromatic rings. The predicted molar refractivity (Wildman–Crippen MR) is 47.9 cm³/mol. The van der Waals surface area contributed by atoms with Crippen molar-refractivity contribution in [2.45, 2.75) is 26.2 Å². The Labute approximate surface area is 71.8 Å². The van der Waals surface area contributed by atoms with E-state index in [1.165, 1.54) is 0 Å². The number of aryl methyl sites for hydroxylation is 1. The number of aliphatic hydroxyl groups is 1. The molecule has 0 aliphatic heterocycles. The predicted octanol–water partition coefficient (Wildman–Crippen LogP) is 0.650. The van der Waals surface area contributed by atoms with Gasteiger partial charge in [-0.15, -0.1) is 0 Å². The number of imidazole rings is 1. The van der Waals surface area contributed by atoms with Crippen LogP contribution in [0.3, 0.4) is 0 Å². The van der Waals surface area contributed by atoms with E-state index >= 15 is 0 Å². The molecule has 0 amide bonds. The Balaban J connectivity index is 2.96. The second kappa shape index (κ2) is 3.58. The summed E-state index contributed by atoms with van der Waals surface area (Å²) in [6.45, 7) is 4.06. The number of H-pyrrole nitrogens is 1. The first-order valence-corrected chi connectivity index (χ1v) is 4.14. The maximum absolute atomic E-state index is 8.92. The third-order valence-electron chi connectivity index (χ3n) is 1.92. The number of aromatic nitrogens is 2. The van der Waals surface area contributed by atoms with Crippen molar-refractivity contribution < 1.29 is 5.11 Å². The molecule has 1 atom stereocenters. The number of aliphatic hydroxyl groups excluding tert-OH is 1. The molecule has 1 rings (SSSR count). The van der Waals surface area contributed by atoms with Crippen LogP contribution in [0.25, 0.3) is 0 Å². The van der Waals surface area contributed by atoms with Crippen molar-refractivity contribution in [3.8, 4) is 0 Å². The van der Waals surface area contributed by atoms with Gasteiger partial charge in [0.25, 0.3) is 0 Å². The van der Waals surface area contributed by atoms with Crippen LogP contribution in [-0.2, 0) is 6.42 Å². The third-order valence-corrected chi connectivity index (χ3v) is 1.92. The molecule has 1 aromatic heterocycles. The molecule has 0 aliphatic carbocycles. The second-order valence-corrected chi connectivity index (χ2v) is 2.92. The Hall–Kier alpha value is -1.03. The third kappa shape index (κ3) is 1.58. The number of nitrogens with two attached hydrogens (primary N) is 1. The van der Waals surface area contributed by atoms with Gasteiger partial charge in [0, 0.05) is 11.6 Å². The molecule has 0 saturated heterocycles. The normalized spacial score (nSPS) is 13.2. The molecule has 12 heavy (non-hydrogen) atoms. The van der Waals surface area contributed by atoms with Gasteiger partial charge in [-0.05, 0) is 6.42 Å². The molecule has 0 fully saturated rings. The number of hydrogen-bond donors (Lipinski definition) is 3. The highest BCUT2D eigenvalue weighted by molar-refractivity contribution is 5.28. The van der Waals surface area contributed by atoms with Crippen LogP contribution in [0.4, 0.5) is 5.95 Å². The van der Waals surface area contributed by atoms with Crippen LogP contribution in [0.5, 0.6) is 0 Å². The molecule has 0 spiro atoms. The van der Waals surface area contributed by atoms with Crippen molar-refractivity contribution in [2.75, 3.05) is 12.3 Å². The smallest absolute Gasteiger partial charge is 0.197 e. The van der Waals surface area contributed by atoms with E-state index in [0.717, 1.165) is 17.8 Å². The summed E-state index contributed by atoms with van der Waals surface area (Å²) in [5, 5.41) is 8.92. The summed E-state index contributed by atoms with van der Waals surface area (Å²) in [4.78, 5) is 7.08. The highest BCUT2D eigenvalue weighted by atomic mass is 16.3. The lowest BCUT2D eigenvalue weighted by atomic mass is 10.1. The van der Waals surface area contributed by atoms with Gasteiger partial charge >= 0.3 is 0 Å². The number of rotatable bonds is 3. The van der Waals surface area contributed by atoms with E-state index in [9.17, 15) is 0 Å². The highest BCUT2D eigenvalue weighted by Crippen LogP contribution is 2.18. The van der Waals surface area contributed by atoms with Crippen molar-refractivity contribution in [2.24, 2.45) is 0 Å². The number of nitrogens with one attached hydrogen (secondary N) is 1. The summed E-state index contributed by atoms with van der Waals surface area (Å²) in [5.41, 5.74) is 7.41. The minimum Gasteiger partial charge on any atom is -0.396 e. The summed E-state index contributed by atoms with van der Waals surface area (Å²) in [7, 11) is 0. The van der Waals surface area contributed by atoms with E-state index in [1.54, 1.807) is 0 Å². The topological polar surface area (TPSA) is 74.9 Å². The molecule has 1 heterocycles. The Morgan fingerprint density at radius 3 is 2.83 bits per heavy atom. The minimum atomic E-state index is 0.0634. The minimum absolute atomic E-state index is 0.0634. The van der Waals surface area contributed by atoms with Crippen molar-refractivity contribution in [3.05, 3.63) is 11.4 Å². The van der Waals surface area contributed by atoms with Gasteiger partial charge in [-0.3, -0.25) is 0 Å². The molecule has 0 aliphatic rings. The molecule has 0 aromatic carbocycles. The lowest BCUT2D eigenvalue weighted by Crippen LogP contribution is -2.02. The quantitative estimate of drug-likeness (QED) is 0.622. The van der Waals surface area contributed by atoms with Gasteiger partial charge in [0.1, 0.15) is 0 Å².